The number of hydrogen-bond donors (Lipinski definition) is 1. The third kappa shape index (κ3) is 2.41. The van der Waals surface area contributed by atoms with Gasteiger partial charge in [-0.15, -0.1) is 0 Å². The van der Waals surface area contributed by atoms with E-state index in [2.05, 4.69) is 31.3 Å². The van der Waals surface area contributed by atoms with Gasteiger partial charge >= 0.3 is 0 Å². The van der Waals surface area contributed by atoms with Crippen molar-refractivity contribution in [1.29, 1.82) is 0 Å². The van der Waals surface area contributed by atoms with Gasteiger partial charge in [0.2, 0.25) is 5.91 Å². The molecule has 0 saturated carbocycles. The normalized spacial score (nSPS) is 20.1. The van der Waals surface area contributed by atoms with Crippen LogP contribution in [0.4, 0.5) is 0 Å². The van der Waals surface area contributed by atoms with Gasteiger partial charge in [-0.25, -0.2) is 0 Å². The second-order valence-corrected chi connectivity index (χ2v) is 5.09. The largest absolute Gasteiger partial charge is 0.342 e. The maximum absolute atomic E-state index is 12.5. The molecule has 98 valence electrons. The Morgan fingerprint density at radius 2 is 2.22 bits per heavy atom. The molecule has 0 fully saturated rings. The number of hydrogen-bond acceptors (Lipinski definition) is 2. The van der Waals surface area contributed by atoms with E-state index in [1.165, 1.54) is 11.1 Å². The molecule has 0 spiro atoms. The lowest BCUT2D eigenvalue weighted by Crippen LogP contribution is -2.43. The summed E-state index contributed by atoms with van der Waals surface area (Å²) < 4.78 is 0. The summed E-state index contributed by atoms with van der Waals surface area (Å²) in [6.45, 7) is 5.82. The molecule has 1 aliphatic rings. The number of carbonyl (C=O) groups is 1. The van der Waals surface area contributed by atoms with Crippen molar-refractivity contribution in [2.75, 3.05) is 13.6 Å². The average molecular weight is 246 g/mol. The Hall–Kier alpha value is -1.35. The molecule has 0 saturated heterocycles. The molecule has 1 amide bonds. The quantitative estimate of drug-likeness (QED) is 0.886. The lowest BCUT2D eigenvalue weighted by molar-refractivity contribution is -0.133. The fourth-order valence-corrected chi connectivity index (χ4v) is 2.45. The van der Waals surface area contributed by atoms with Crippen molar-refractivity contribution in [2.45, 2.75) is 38.8 Å². The summed E-state index contributed by atoms with van der Waals surface area (Å²) in [5, 5.41) is 3.34. The molecular formula is C15H22N2O. The molecule has 1 N–H and O–H groups in total. The number of likely N-dealkylation sites (N-methyl/N-ethyl adjacent to an activating group) is 1. The van der Waals surface area contributed by atoms with Crippen LogP contribution in [0.3, 0.4) is 0 Å². The zero-order chi connectivity index (χ0) is 13.1. The summed E-state index contributed by atoms with van der Waals surface area (Å²) in [5.74, 6) is 0.193. The second kappa shape index (κ2) is 5.53. The van der Waals surface area contributed by atoms with Crippen LogP contribution in [0, 0.1) is 0 Å². The number of benzene rings is 1. The summed E-state index contributed by atoms with van der Waals surface area (Å²) >= 11 is 0. The van der Waals surface area contributed by atoms with Crippen LogP contribution < -0.4 is 5.32 Å². The van der Waals surface area contributed by atoms with Crippen LogP contribution in [-0.4, -0.2) is 30.4 Å². The Balaban J connectivity index is 2.22. The lowest BCUT2D eigenvalue weighted by Gasteiger charge is -2.32. The van der Waals surface area contributed by atoms with E-state index < -0.39 is 0 Å². The van der Waals surface area contributed by atoms with Crippen LogP contribution in [-0.2, 0) is 11.3 Å². The van der Waals surface area contributed by atoms with Crippen LogP contribution in [0.15, 0.2) is 24.3 Å². The number of rotatable bonds is 3. The van der Waals surface area contributed by atoms with E-state index in [9.17, 15) is 4.79 Å². The molecular weight excluding hydrogens is 224 g/mol. The summed E-state index contributed by atoms with van der Waals surface area (Å²) in [4.78, 5) is 14.4. The van der Waals surface area contributed by atoms with E-state index in [1.807, 2.05) is 24.1 Å². The van der Waals surface area contributed by atoms with Gasteiger partial charge in [-0.1, -0.05) is 31.2 Å². The van der Waals surface area contributed by atoms with Gasteiger partial charge in [0.15, 0.2) is 0 Å². The van der Waals surface area contributed by atoms with E-state index >= 15 is 0 Å². The summed E-state index contributed by atoms with van der Waals surface area (Å²) in [6, 6.07) is 8.54. The minimum absolute atomic E-state index is 0.0334. The highest BCUT2D eigenvalue weighted by molar-refractivity contribution is 5.84. The van der Waals surface area contributed by atoms with Gasteiger partial charge < -0.3 is 10.2 Å². The molecule has 0 bridgehead atoms. The SMILES string of the molecule is CCC(C)N(C)C(=O)C1CNCc2ccccc21. The zero-order valence-corrected chi connectivity index (χ0v) is 11.4. The summed E-state index contributed by atoms with van der Waals surface area (Å²) in [6.07, 6.45) is 0.990. The topological polar surface area (TPSA) is 32.3 Å². The van der Waals surface area contributed by atoms with Gasteiger partial charge in [-0.3, -0.25) is 4.79 Å². The van der Waals surface area contributed by atoms with Gasteiger partial charge in [0.1, 0.15) is 0 Å². The summed E-state index contributed by atoms with van der Waals surface area (Å²) in [7, 11) is 1.91. The first-order chi connectivity index (χ1) is 8.65. The van der Waals surface area contributed by atoms with Crippen LogP contribution >= 0.6 is 0 Å². The molecule has 2 atom stereocenters. The molecule has 1 aromatic carbocycles. The molecule has 3 nitrogen and oxygen atoms in total. The highest BCUT2D eigenvalue weighted by atomic mass is 16.2. The van der Waals surface area contributed by atoms with E-state index in [-0.39, 0.29) is 11.8 Å². The highest BCUT2D eigenvalue weighted by Gasteiger charge is 2.29. The molecule has 2 unspecified atom stereocenters. The molecule has 2 rings (SSSR count). The van der Waals surface area contributed by atoms with Crippen molar-refractivity contribution in [3.8, 4) is 0 Å². The standard InChI is InChI=1S/C15H22N2O/c1-4-11(2)17(3)15(18)14-10-16-9-12-7-5-6-8-13(12)14/h5-8,11,14,16H,4,9-10H2,1-3H3. The van der Waals surface area contributed by atoms with Crippen molar-refractivity contribution in [2.24, 2.45) is 0 Å². The highest BCUT2D eigenvalue weighted by Crippen LogP contribution is 2.26. The number of amides is 1. The van der Waals surface area contributed by atoms with E-state index in [0.29, 0.717) is 6.04 Å². The van der Waals surface area contributed by atoms with Crippen molar-refractivity contribution in [3.05, 3.63) is 35.4 Å². The van der Waals surface area contributed by atoms with Crippen LogP contribution in [0.25, 0.3) is 0 Å². The zero-order valence-electron chi connectivity index (χ0n) is 11.4. The van der Waals surface area contributed by atoms with Crippen molar-refractivity contribution < 1.29 is 4.79 Å². The third-order valence-corrected chi connectivity index (χ3v) is 3.99. The Kier molecular flexibility index (Phi) is 4.02. The Morgan fingerprint density at radius 3 is 2.94 bits per heavy atom. The van der Waals surface area contributed by atoms with Gasteiger partial charge in [0.05, 0.1) is 5.92 Å². The average Bonchev–Trinajstić information content (AvgIpc) is 2.44. The fraction of sp³-hybridized carbons (Fsp3) is 0.533. The molecule has 1 aliphatic heterocycles. The van der Waals surface area contributed by atoms with Crippen molar-refractivity contribution >= 4 is 5.91 Å². The smallest absolute Gasteiger partial charge is 0.231 e. The van der Waals surface area contributed by atoms with Crippen molar-refractivity contribution in [3.63, 3.8) is 0 Å². The third-order valence-electron chi connectivity index (χ3n) is 3.99. The Bertz CT molecular complexity index is 430. The van der Waals surface area contributed by atoms with Gasteiger partial charge in [-0.2, -0.15) is 0 Å². The Labute approximate surface area is 109 Å². The molecule has 18 heavy (non-hydrogen) atoms. The minimum Gasteiger partial charge on any atom is -0.342 e. The van der Waals surface area contributed by atoms with Crippen LogP contribution in [0.2, 0.25) is 0 Å². The van der Waals surface area contributed by atoms with E-state index in [0.717, 1.165) is 19.5 Å². The van der Waals surface area contributed by atoms with Gasteiger partial charge in [0, 0.05) is 26.2 Å². The number of nitrogens with zero attached hydrogens (tertiary/aromatic N) is 1. The van der Waals surface area contributed by atoms with Crippen molar-refractivity contribution in [1.82, 2.24) is 10.2 Å². The van der Waals surface area contributed by atoms with Crippen LogP contribution in [0.5, 0.6) is 0 Å². The first-order valence-corrected chi connectivity index (χ1v) is 6.70. The first-order valence-electron chi connectivity index (χ1n) is 6.70. The van der Waals surface area contributed by atoms with E-state index in [4.69, 9.17) is 0 Å². The molecule has 3 heteroatoms. The lowest BCUT2D eigenvalue weighted by atomic mass is 9.89. The second-order valence-electron chi connectivity index (χ2n) is 5.09. The van der Waals surface area contributed by atoms with Gasteiger partial charge in [0.25, 0.3) is 0 Å². The summed E-state index contributed by atoms with van der Waals surface area (Å²) in [5.41, 5.74) is 2.44. The minimum atomic E-state index is -0.0334. The fourth-order valence-electron chi connectivity index (χ4n) is 2.45. The Morgan fingerprint density at radius 1 is 1.50 bits per heavy atom. The van der Waals surface area contributed by atoms with Gasteiger partial charge in [-0.05, 0) is 24.5 Å². The monoisotopic (exact) mass is 246 g/mol. The maximum atomic E-state index is 12.5. The molecule has 0 aromatic heterocycles. The number of fused-ring (bicyclic) bond motifs is 1. The predicted molar refractivity (Wildman–Crippen MR) is 73.4 cm³/mol. The first kappa shape index (κ1) is 13.1. The molecule has 0 aliphatic carbocycles. The maximum Gasteiger partial charge on any atom is 0.231 e. The molecule has 0 radical (unpaired) electrons. The predicted octanol–water partition coefficient (Wildman–Crippen LogP) is 2.13. The number of carbonyl (C=O) groups excluding carboxylic acids is 1. The molecule has 1 aromatic rings. The van der Waals surface area contributed by atoms with E-state index in [1.54, 1.807) is 0 Å². The number of nitrogens with one attached hydrogen (secondary N) is 1. The molecule has 1 heterocycles. The van der Waals surface area contributed by atoms with Crippen LogP contribution in [0.1, 0.15) is 37.3 Å².